The molecule has 6 nitrogen and oxygen atoms in total. The van der Waals surface area contributed by atoms with Crippen LogP contribution in [0, 0.1) is 0 Å². The van der Waals surface area contributed by atoms with Crippen molar-refractivity contribution in [2.75, 3.05) is 5.32 Å². The number of nitrogens with zero attached hydrogens (tertiary/aromatic N) is 2. The van der Waals surface area contributed by atoms with Gasteiger partial charge in [-0.2, -0.15) is 5.10 Å². The Morgan fingerprint density at radius 3 is 2.59 bits per heavy atom. The van der Waals surface area contributed by atoms with Crippen molar-refractivity contribution >= 4 is 46.5 Å². The summed E-state index contributed by atoms with van der Waals surface area (Å²) >= 11 is 18.7. The van der Waals surface area contributed by atoms with Gasteiger partial charge in [-0.05, 0) is 42.3 Å². The molecular formula is C25H20Cl3N3O3. The molecule has 0 radical (unpaired) electrons. The Balaban J connectivity index is 1.40. The van der Waals surface area contributed by atoms with Gasteiger partial charge in [0.15, 0.2) is 11.6 Å². The van der Waals surface area contributed by atoms with E-state index in [1.54, 1.807) is 41.2 Å². The van der Waals surface area contributed by atoms with Gasteiger partial charge in [-0.1, -0.05) is 65.1 Å². The van der Waals surface area contributed by atoms with Gasteiger partial charge < -0.3 is 14.5 Å². The van der Waals surface area contributed by atoms with Crippen molar-refractivity contribution in [3.8, 4) is 5.75 Å². The largest absolute Gasteiger partial charge is 0.485 e. The topological polar surface area (TPSA) is 69.3 Å². The first-order valence-corrected chi connectivity index (χ1v) is 11.5. The van der Waals surface area contributed by atoms with Crippen molar-refractivity contribution in [1.29, 1.82) is 0 Å². The predicted molar refractivity (Wildman–Crippen MR) is 134 cm³/mol. The molecule has 4 rings (SSSR count). The molecule has 0 aliphatic carbocycles. The monoisotopic (exact) mass is 515 g/mol. The molecule has 0 fully saturated rings. The molecule has 0 spiro atoms. The summed E-state index contributed by atoms with van der Waals surface area (Å²) in [6.07, 6.45) is 4.09. The van der Waals surface area contributed by atoms with Crippen molar-refractivity contribution in [3.63, 3.8) is 0 Å². The molecular weight excluding hydrogens is 497 g/mol. The number of carbonyl (C=O) groups is 1. The minimum absolute atomic E-state index is 0.109. The fourth-order valence-corrected chi connectivity index (χ4v) is 3.99. The average Bonchev–Trinajstić information content (AvgIpc) is 3.43. The summed E-state index contributed by atoms with van der Waals surface area (Å²) in [5.41, 5.74) is 1.72. The first-order valence-electron chi connectivity index (χ1n) is 10.3. The molecule has 9 heteroatoms. The maximum Gasteiger partial charge on any atom is 0.292 e. The number of ether oxygens (including phenoxy) is 1. The van der Waals surface area contributed by atoms with E-state index in [4.69, 9.17) is 44.0 Å². The number of benzene rings is 2. The second-order valence-electron chi connectivity index (χ2n) is 7.33. The number of aromatic nitrogens is 2. The molecule has 0 unspecified atom stereocenters. The Hall–Kier alpha value is -3.19. The van der Waals surface area contributed by atoms with Crippen molar-refractivity contribution < 1.29 is 13.9 Å². The molecule has 0 aliphatic heterocycles. The number of furan rings is 1. The van der Waals surface area contributed by atoms with E-state index in [9.17, 15) is 4.79 Å². The summed E-state index contributed by atoms with van der Waals surface area (Å²) in [5, 5.41) is 8.28. The number of halogens is 3. The highest BCUT2D eigenvalue weighted by Crippen LogP contribution is 2.27. The van der Waals surface area contributed by atoms with Crippen LogP contribution in [-0.2, 0) is 19.6 Å². The zero-order valence-electron chi connectivity index (χ0n) is 17.9. The highest BCUT2D eigenvalue weighted by molar-refractivity contribution is 6.36. The minimum atomic E-state index is -0.485. The maximum atomic E-state index is 12.7. The van der Waals surface area contributed by atoms with Crippen LogP contribution in [0.5, 0.6) is 5.75 Å². The van der Waals surface area contributed by atoms with Crippen molar-refractivity contribution in [3.05, 3.63) is 111 Å². The molecule has 2 aromatic heterocycles. The molecule has 1 N–H and O–H groups in total. The van der Waals surface area contributed by atoms with Crippen LogP contribution in [0.2, 0.25) is 15.1 Å². The van der Waals surface area contributed by atoms with Gasteiger partial charge in [0, 0.05) is 21.8 Å². The highest BCUT2D eigenvalue weighted by atomic mass is 35.5. The summed E-state index contributed by atoms with van der Waals surface area (Å²) in [5.74, 6) is 1.06. The second kappa shape index (κ2) is 10.8. The van der Waals surface area contributed by atoms with Gasteiger partial charge in [0.2, 0.25) is 0 Å². The van der Waals surface area contributed by atoms with Crippen LogP contribution in [-0.4, -0.2) is 15.7 Å². The van der Waals surface area contributed by atoms with E-state index in [1.165, 1.54) is 0 Å². The molecule has 1 amide bonds. The highest BCUT2D eigenvalue weighted by Gasteiger charge is 2.17. The van der Waals surface area contributed by atoms with Crippen LogP contribution >= 0.6 is 34.8 Å². The van der Waals surface area contributed by atoms with E-state index in [1.807, 2.05) is 30.3 Å². The van der Waals surface area contributed by atoms with Crippen LogP contribution < -0.4 is 10.1 Å². The number of amides is 1. The van der Waals surface area contributed by atoms with E-state index in [2.05, 4.69) is 17.0 Å². The molecule has 0 bridgehead atoms. The average molecular weight is 517 g/mol. The van der Waals surface area contributed by atoms with E-state index < -0.39 is 5.91 Å². The standard InChI is InChI=1S/C25H20Cl3N3O3/c1-2-6-16-7-3-4-10-22(16)33-15-17-11-12-23(34-17)25(32)29-24-21(28)14-31(30-24)13-18-19(26)8-5-9-20(18)27/h2-5,7-12,14H,1,6,13,15H2,(H,29,30,32). The molecule has 0 aliphatic rings. The SMILES string of the molecule is C=CCc1ccccc1OCc1ccc(C(=O)Nc2nn(Cc3c(Cl)cccc3Cl)cc2Cl)o1. The number of hydrogen-bond acceptors (Lipinski definition) is 4. The Bertz CT molecular complexity index is 1310. The third kappa shape index (κ3) is 5.65. The molecule has 2 heterocycles. The fourth-order valence-electron chi connectivity index (χ4n) is 3.27. The number of carbonyl (C=O) groups excluding carboxylic acids is 1. The Morgan fingerprint density at radius 1 is 1.06 bits per heavy atom. The van der Waals surface area contributed by atoms with Gasteiger partial charge in [0.25, 0.3) is 5.91 Å². The molecule has 2 aromatic carbocycles. The lowest BCUT2D eigenvalue weighted by atomic mass is 10.1. The third-order valence-corrected chi connectivity index (χ3v) is 5.91. The smallest absolute Gasteiger partial charge is 0.292 e. The summed E-state index contributed by atoms with van der Waals surface area (Å²) in [7, 11) is 0. The molecule has 4 aromatic rings. The molecule has 0 saturated carbocycles. The zero-order chi connectivity index (χ0) is 24.1. The first-order chi connectivity index (χ1) is 16.4. The lowest BCUT2D eigenvalue weighted by molar-refractivity contribution is 0.0992. The number of allylic oxidation sites excluding steroid dienone is 1. The summed E-state index contributed by atoms with van der Waals surface area (Å²) in [4.78, 5) is 12.7. The van der Waals surface area contributed by atoms with Crippen molar-refractivity contribution in [1.82, 2.24) is 9.78 Å². The Kier molecular flexibility index (Phi) is 7.63. The normalized spacial score (nSPS) is 10.8. The van der Waals surface area contributed by atoms with Gasteiger partial charge >= 0.3 is 0 Å². The van der Waals surface area contributed by atoms with Gasteiger partial charge in [0.05, 0.1) is 6.54 Å². The quantitative estimate of drug-likeness (QED) is 0.242. The van der Waals surface area contributed by atoms with E-state index in [0.29, 0.717) is 34.3 Å². The minimum Gasteiger partial charge on any atom is -0.485 e. The van der Waals surface area contributed by atoms with E-state index in [0.717, 1.165) is 11.3 Å². The predicted octanol–water partition coefficient (Wildman–Crippen LogP) is 7.04. The molecule has 174 valence electrons. The number of anilines is 1. The van der Waals surface area contributed by atoms with Gasteiger partial charge in [0.1, 0.15) is 23.1 Å². The Labute approximate surface area is 211 Å². The summed E-state index contributed by atoms with van der Waals surface area (Å²) < 4.78 is 13.0. The fraction of sp³-hybridized carbons (Fsp3) is 0.120. The van der Waals surface area contributed by atoms with Gasteiger partial charge in [-0.15, -0.1) is 6.58 Å². The third-order valence-electron chi connectivity index (χ3n) is 4.92. The number of para-hydroxylation sites is 1. The molecule has 34 heavy (non-hydrogen) atoms. The van der Waals surface area contributed by atoms with Crippen LogP contribution in [0.25, 0.3) is 0 Å². The van der Waals surface area contributed by atoms with Crippen molar-refractivity contribution in [2.45, 2.75) is 19.6 Å². The Morgan fingerprint density at radius 2 is 1.82 bits per heavy atom. The molecule has 0 atom stereocenters. The second-order valence-corrected chi connectivity index (χ2v) is 8.55. The van der Waals surface area contributed by atoms with Gasteiger partial charge in [-0.25, -0.2) is 0 Å². The summed E-state index contributed by atoms with van der Waals surface area (Å²) in [6.45, 7) is 4.23. The van der Waals surface area contributed by atoms with Crippen LogP contribution in [0.15, 0.2) is 77.9 Å². The van der Waals surface area contributed by atoms with Crippen LogP contribution in [0.1, 0.15) is 27.4 Å². The first kappa shape index (κ1) is 24.0. The maximum absolute atomic E-state index is 12.7. The lowest BCUT2D eigenvalue weighted by Gasteiger charge is -2.08. The van der Waals surface area contributed by atoms with Crippen LogP contribution in [0.4, 0.5) is 5.82 Å². The van der Waals surface area contributed by atoms with Crippen molar-refractivity contribution in [2.24, 2.45) is 0 Å². The van der Waals surface area contributed by atoms with Gasteiger partial charge in [-0.3, -0.25) is 9.48 Å². The molecule has 0 saturated heterocycles. The van der Waals surface area contributed by atoms with E-state index >= 15 is 0 Å². The summed E-state index contributed by atoms with van der Waals surface area (Å²) in [6, 6.07) is 16.2. The number of nitrogens with one attached hydrogen (secondary N) is 1. The van der Waals surface area contributed by atoms with E-state index in [-0.39, 0.29) is 23.2 Å². The van der Waals surface area contributed by atoms with Crippen LogP contribution in [0.3, 0.4) is 0 Å². The number of hydrogen-bond donors (Lipinski definition) is 1. The zero-order valence-corrected chi connectivity index (χ0v) is 20.2. The number of rotatable bonds is 9. The lowest BCUT2D eigenvalue weighted by Crippen LogP contribution is -2.12.